The third-order valence-corrected chi connectivity index (χ3v) is 3.52. The van der Waals surface area contributed by atoms with E-state index in [-0.39, 0.29) is 11.5 Å². The van der Waals surface area contributed by atoms with E-state index in [4.69, 9.17) is 4.74 Å². The van der Waals surface area contributed by atoms with Crippen molar-refractivity contribution >= 4 is 28.5 Å². The maximum Gasteiger partial charge on any atom is 0.256 e. The molecule has 0 aliphatic heterocycles. The Kier molecular flexibility index (Phi) is 4.11. The molecule has 0 saturated heterocycles. The highest BCUT2D eigenvalue weighted by Crippen LogP contribution is 2.23. The number of amides is 1. The van der Waals surface area contributed by atoms with Gasteiger partial charge in [-0.25, -0.2) is 4.98 Å². The van der Waals surface area contributed by atoms with Gasteiger partial charge >= 0.3 is 0 Å². The summed E-state index contributed by atoms with van der Waals surface area (Å²) in [4.78, 5) is 27.6. The summed E-state index contributed by atoms with van der Waals surface area (Å²) in [7, 11) is 1.48. The highest BCUT2D eigenvalue weighted by Gasteiger charge is 2.13. The Morgan fingerprint density at radius 2 is 1.79 bits per heavy atom. The van der Waals surface area contributed by atoms with Crippen molar-refractivity contribution in [3.05, 3.63) is 65.7 Å². The van der Waals surface area contributed by atoms with Crippen LogP contribution in [-0.2, 0) is 0 Å². The van der Waals surface area contributed by atoms with Crippen molar-refractivity contribution in [3.8, 4) is 5.88 Å². The van der Waals surface area contributed by atoms with Crippen LogP contribution in [0.3, 0.4) is 0 Å². The summed E-state index contributed by atoms with van der Waals surface area (Å²) in [6.45, 7) is 0. The number of benzene rings is 2. The van der Waals surface area contributed by atoms with Crippen molar-refractivity contribution < 1.29 is 19.4 Å². The molecule has 1 amide bonds. The molecular formula is C18H13N2O4-. The quantitative estimate of drug-likeness (QED) is 0.792. The Morgan fingerprint density at radius 3 is 2.46 bits per heavy atom. The second-order valence-electron chi connectivity index (χ2n) is 5.05. The minimum atomic E-state index is -1.27. The molecule has 120 valence electrons. The number of carbonyl (C=O) groups excluding carboxylic acids is 2. The Balaban J connectivity index is 1.94. The molecule has 6 heteroatoms. The van der Waals surface area contributed by atoms with Gasteiger partial charge in [0.05, 0.1) is 24.2 Å². The van der Waals surface area contributed by atoms with Gasteiger partial charge in [0.2, 0.25) is 5.88 Å². The molecule has 24 heavy (non-hydrogen) atoms. The molecule has 0 bridgehead atoms. The van der Waals surface area contributed by atoms with Gasteiger partial charge in [0, 0.05) is 17.1 Å². The number of methoxy groups -OCH3 is 1. The zero-order valence-corrected chi connectivity index (χ0v) is 12.8. The summed E-state index contributed by atoms with van der Waals surface area (Å²) in [6, 6.07) is 14.6. The first-order chi connectivity index (χ1) is 11.6. The van der Waals surface area contributed by atoms with Gasteiger partial charge in [-0.05, 0) is 23.8 Å². The molecule has 0 aliphatic carbocycles. The van der Waals surface area contributed by atoms with Gasteiger partial charge in [0.15, 0.2) is 0 Å². The zero-order valence-electron chi connectivity index (χ0n) is 12.8. The first kappa shape index (κ1) is 15.5. The fourth-order valence-corrected chi connectivity index (χ4v) is 2.33. The lowest BCUT2D eigenvalue weighted by Crippen LogP contribution is -2.22. The number of carboxylic acid groups (broad SMARTS) is 1. The molecule has 1 aromatic heterocycles. The molecule has 0 saturated carbocycles. The van der Waals surface area contributed by atoms with E-state index in [0.717, 1.165) is 0 Å². The van der Waals surface area contributed by atoms with E-state index in [2.05, 4.69) is 10.3 Å². The van der Waals surface area contributed by atoms with Crippen LogP contribution in [0.4, 0.5) is 5.69 Å². The maximum atomic E-state index is 12.6. The molecule has 3 aromatic rings. The van der Waals surface area contributed by atoms with Crippen LogP contribution >= 0.6 is 0 Å². The SMILES string of the molecule is COc1cc(C(=O)Nc2ccc(C(=O)[O-])cc2)c2ccccc2n1. The average molecular weight is 321 g/mol. The van der Waals surface area contributed by atoms with Crippen LogP contribution in [0.1, 0.15) is 20.7 Å². The summed E-state index contributed by atoms with van der Waals surface area (Å²) in [5.41, 5.74) is 1.59. The lowest BCUT2D eigenvalue weighted by Gasteiger charge is -2.10. The van der Waals surface area contributed by atoms with Gasteiger partial charge in [-0.3, -0.25) is 4.79 Å². The van der Waals surface area contributed by atoms with E-state index >= 15 is 0 Å². The van der Waals surface area contributed by atoms with Gasteiger partial charge in [-0.2, -0.15) is 0 Å². The summed E-state index contributed by atoms with van der Waals surface area (Å²) in [5, 5.41) is 14.2. The molecule has 0 radical (unpaired) electrons. The molecule has 2 aromatic carbocycles. The number of hydrogen-bond acceptors (Lipinski definition) is 5. The predicted molar refractivity (Wildman–Crippen MR) is 87.0 cm³/mol. The topological polar surface area (TPSA) is 91.3 Å². The molecule has 6 nitrogen and oxygen atoms in total. The van der Waals surface area contributed by atoms with Gasteiger partial charge in [0.25, 0.3) is 5.91 Å². The number of fused-ring (bicyclic) bond motifs is 1. The second-order valence-corrected chi connectivity index (χ2v) is 5.05. The Morgan fingerprint density at radius 1 is 1.08 bits per heavy atom. The van der Waals surface area contributed by atoms with E-state index in [1.807, 2.05) is 12.1 Å². The minimum Gasteiger partial charge on any atom is -0.545 e. The molecular weight excluding hydrogens is 308 g/mol. The second kappa shape index (κ2) is 6.37. The van der Waals surface area contributed by atoms with Crippen molar-refractivity contribution in [2.75, 3.05) is 12.4 Å². The highest BCUT2D eigenvalue weighted by molar-refractivity contribution is 6.12. The third-order valence-electron chi connectivity index (χ3n) is 3.52. The van der Waals surface area contributed by atoms with Gasteiger partial charge < -0.3 is 20.0 Å². The number of para-hydroxylation sites is 1. The molecule has 0 spiro atoms. The summed E-state index contributed by atoms with van der Waals surface area (Å²) >= 11 is 0. The molecule has 3 rings (SSSR count). The lowest BCUT2D eigenvalue weighted by molar-refractivity contribution is -0.255. The standard InChI is InChI=1S/C18H14N2O4/c1-24-16-10-14(13-4-2-3-5-15(13)20-16)17(21)19-12-8-6-11(7-9-12)18(22)23/h2-10H,1H3,(H,19,21)(H,22,23)/p-1. The van der Waals surface area contributed by atoms with E-state index in [1.165, 1.54) is 31.4 Å². The molecule has 1 N–H and O–H groups in total. The number of ether oxygens (including phenoxy) is 1. The van der Waals surface area contributed by atoms with Crippen molar-refractivity contribution in [2.24, 2.45) is 0 Å². The molecule has 0 atom stereocenters. The van der Waals surface area contributed by atoms with Crippen LogP contribution in [0.25, 0.3) is 10.9 Å². The number of carbonyl (C=O) groups is 2. The number of pyridine rings is 1. The molecule has 0 fully saturated rings. The number of aromatic nitrogens is 1. The van der Waals surface area contributed by atoms with Gasteiger partial charge in [0.1, 0.15) is 0 Å². The predicted octanol–water partition coefficient (Wildman–Crippen LogP) is 1.86. The number of nitrogens with zero attached hydrogens (tertiary/aromatic N) is 1. The minimum absolute atomic E-state index is 0.0454. The maximum absolute atomic E-state index is 12.6. The first-order valence-electron chi connectivity index (χ1n) is 7.15. The van der Waals surface area contributed by atoms with Crippen LogP contribution in [0.2, 0.25) is 0 Å². The number of aromatic carboxylic acids is 1. The highest BCUT2D eigenvalue weighted by atomic mass is 16.5. The summed E-state index contributed by atoms with van der Waals surface area (Å²) in [6.07, 6.45) is 0. The Labute approximate surface area is 137 Å². The fourth-order valence-electron chi connectivity index (χ4n) is 2.33. The smallest absolute Gasteiger partial charge is 0.256 e. The van der Waals surface area contributed by atoms with Gasteiger partial charge in [-0.1, -0.05) is 30.3 Å². The van der Waals surface area contributed by atoms with Crippen LogP contribution in [0, 0.1) is 0 Å². The number of hydrogen-bond donors (Lipinski definition) is 1. The van der Waals surface area contributed by atoms with E-state index in [1.54, 1.807) is 18.2 Å². The fraction of sp³-hybridized carbons (Fsp3) is 0.0556. The Hall–Kier alpha value is -3.41. The molecule has 0 unspecified atom stereocenters. The lowest BCUT2D eigenvalue weighted by atomic mass is 10.1. The van der Waals surface area contributed by atoms with Crippen LogP contribution in [0.15, 0.2) is 54.6 Å². The van der Waals surface area contributed by atoms with Crippen molar-refractivity contribution in [1.29, 1.82) is 0 Å². The Bertz CT molecular complexity index is 920. The largest absolute Gasteiger partial charge is 0.545 e. The summed E-state index contributed by atoms with van der Waals surface area (Å²) in [5.74, 6) is -1.27. The number of anilines is 1. The van der Waals surface area contributed by atoms with Crippen molar-refractivity contribution in [1.82, 2.24) is 4.98 Å². The van der Waals surface area contributed by atoms with E-state index in [0.29, 0.717) is 28.0 Å². The molecule has 1 heterocycles. The number of carboxylic acids is 1. The van der Waals surface area contributed by atoms with Crippen LogP contribution < -0.4 is 15.2 Å². The van der Waals surface area contributed by atoms with Gasteiger partial charge in [-0.15, -0.1) is 0 Å². The molecule has 0 aliphatic rings. The van der Waals surface area contributed by atoms with Crippen molar-refractivity contribution in [2.45, 2.75) is 0 Å². The average Bonchev–Trinajstić information content (AvgIpc) is 2.61. The zero-order chi connectivity index (χ0) is 17.1. The monoisotopic (exact) mass is 321 g/mol. The normalized spacial score (nSPS) is 10.4. The number of nitrogens with one attached hydrogen (secondary N) is 1. The number of rotatable bonds is 4. The third kappa shape index (κ3) is 3.03. The first-order valence-corrected chi connectivity index (χ1v) is 7.15. The van der Waals surface area contributed by atoms with Crippen LogP contribution in [0.5, 0.6) is 5.88 Å². The van der Waals surface area contributed by atoms with E-state index in [9.17, 15) is 14.7 Å². The van der Waals surface area contributed by atoms with Crippen molar-refractivity contribution in [3.63, 3.8) is 0 Å². The van der Waals surface area contributed by atoms with Crippen LogP contribution in [-0.4, -0.2) is 24.0 Å². The van der Waals surface area contributed by atoms with E-state index < -0.39 is 5.97 Å². The summed E-state index contributed by atoms with van der Waals surface area (Å²) < 4.78 is 5.14.